The maximum absolute atomic E-state index is 15.1. The van der Waals surface area contributed by atoms with Crippen molar-refractivity contribution in [3.63, 3.8) is 0 Å². The van der Waals surface area contributed by atoms with Gasteiger partial charge in [-0.3, -0.25) is 18.4 Å². The van der Waals surface area contributed by atoms with Gasteiger partial charge in [-0.2, -0.15) is 10.2 Å². The molecule has 0 aliphatic carbocycles. The van der Waals surface area contributed by atoms with Crippen LogP contribution in [0.25, 0.3) is 0 Å². The van der Waals surface area contributed by atoms with Gasteiger partial charge in [-0.15, -0.1) is 0 Å². The fraction of sp³-hybridized carbons (Fsp3) is 0.362. The number of hydrogen-bond donors (Lipinski definition) is 1. The van der Waals surface area contributed by atoms with E-state index in [0.717, 1.165) is 16.7 Å². The topological polar surface area (TPSA) is 163 Å². The van der Waals surface area contributed by atoms with Crippen molar-refractivity contribution in [1.82, 2.24) is 14.2 Å². The van der Waals surface area contributed by atoms with E-state index in [2.05, 4.69) is 16.4 Å². The lowest BCUT2D eigenvalue weighted by molar-refractivity contribution is -0.0938. The third-order valence-corrected chi connectivity index (χ3v) is 13.1. The zero-order valence-corrected chi connectivity index (χ0v) is 37.0. The molecule has 0 radical (unpaired) electrons. The second kappa shape index (κ2) is 20.5. The fourth-order valence-electron chi connectivity index (χ4n) is 7.77. The van der Waals surface area contributed by atoms with E-state index in [1.54, 1.807) is 62.3 Å². The second-order valence-electron chi connectivity index (χ2n) is 15.4. The maximum atomic E-state index is 15.1. The molecule has 0 bridgehead atoms. The Balaban J connectivity index is 1.43. The van der Waals surface area contributed by atoms with Crippen molar-refractivity contribution in [2.24, 2.45) is 0 Å². The predicted octanol–water partition coefficient (Wildman–Crippen LogP) is 8.66. The van der Waals surface area contributed by atoms with Crippen LogP contribution in [0, 0.1) is 18.3 Å². The van der Waals surface area contributed by atoms with Crippen LogP contribution in [0.2, 0.25) is 0 Å². The number of anilines is 1. The van der Waals surface area contributed by atoms with E-state index in [1.165, 1.54) is 4.57 Å². The smallest absolute Gasteiger partial charge is 0.409 e. The van der Waals surface area contributed by atoms with E-state index in [1.807, 2.05) is 107 Å². The van der Waals surface area contributed by atoms with Crippen molar-refractivity contribution in [2.75, 3.05) is 32.8 Å². The van der Waals surface area contributed by atoms with Gasteiger partial charge in [-0.05, 0) is 87.7 Å². The van der Waals surface area contributed by atoms with Gasteiger partial charge in [0.05, 0.1) is 39.9 Å². The Bertz CT molecular complexity index is 2350. The number of methoxy groups -OCH3 is 2. The van der Waals surface area contributed by atoms with Crippen LogP contribution in [0.5, 0.6) is 11.5 Å². The standard InChI is InChI=1S/C47H54N5O9P/c1-32(2)52(33(3)4)62(55,59-28-14-27-48)61-41-29-43(51-30-34(5)44(50-46(51)54)49-45(53)35-15-10-8-11-16-35)60-42(41)31-58-47(36-17-12-9-13-18-36,37-19-23-39(56-6)24-20-37)38-21-25-40(57-7)26-22-38/h8-13,15-26,30,32-33,41-43H,14,28-29,31H2,1-7H3,(H,49,50,53,54)/t41-,42+,43+,62+/m0/s1. The van der Waals surface area contributed by atoms with E-state index in [-0.39, 0.29) is 44.0 Å². The van der Waals surface area contributed by atoms with Gasteiger partial charge in [-0.25, -0.2) is 14.0 Å². The zero-order valence-electron chi connectivity index (χ0n) is 36.1. The highest BCUT2D eigenvalue weighted by Crippen LogP contribution is 2.57. The van der Waals surface area contributed by atoms with Gasteiger partial charge in [-0.1, -0.05) is 72.8 Å². The molecule has 4 aromatic carbocycles. The van der Waals surface area contributed by atoms with Gasteiger partial charge in [0.25, 0.3) is 5.91 Å². The highest BCUT2D eigenvalue weighted by Gasteiger charge is 2.48. The Morgan fingerprint density at radius 1 is 0.903 bits per heavy atom. The molecule has 14 nitrogen and oxygen atoms in total. The van der Waals surface area contributed by atoms with Gasteiger partial charge in [0.15, 0.2) is 0 Å². The van der Waals surface area contributed by atoms with E-state index in [9.17, 15) is 14.9 Å². The average Bonchev–Trinajstić information content (AvgIpc) is 3.67. The summed E-state index contributed by atoms with van der Waals surface area (Å²) in [5, 5.41) is 12.1. The van der Waals surface area contributed by atoms with Crippen LogP contribution >= 0.6 is 7.75 Å². The summed E-state index contributed by atoms with van der Waals surface area (Å²) in [6.45, 7) is 9.04. The van der Waals surface area contributed by atoms with Gasteiger partial charge < -0.3 is 24.3 Å². The van der Waals surface area contributed by atoms with E-state index < -0.39 is 43.4 Å². The van der Waals surface area contributed by atoms with Crippen molar-refractivity contribution in [3.05, 3.63) is 154 Å². The average molecular weight is 864 g/mol. The molecule has 6 rings (SSSR count). The molecular formula is C47H54N5O9P. The van der Waals surface area contributed by atoms with Gasteiger partial charge in [0.1, 0.15) is 41.4 Å². The molecule has 1 aliphatic heterocycles. The number of carbonyl (C=O) groups excluding carboxylic acids is 1. The summed E-state index contributed by atoms with van der Waals surface area (Å²) in [4.78, 5) is 31.1. The van der Waals surface area contributed by atoms with Crippen molar-refractivity contribution >= 4 is 19.5 Å². The monoisotopic (exact) mass is 863 g/mol. The Hall–Kier alpha value is -5.65. The Morgan fingerprint density at radius 3 is 1.98 bits per heavy atom. The number of aryl methyl sites for hydroxylation is 1. The molecule has 5 aromatic rings. The summed E-state index contributed by atoms with van der Waals surface area (Å²) < 4.78 is 55.8. The number of hydrogen-bond acceptors (Lipinski definition) is 11. The summed E-state index contributed by atoms with van der Waals surface area (Å²) in [6, 6.07) is 35.1. The first-order chi connectivity index (χ1) is 29.8. The lowest BCUT2D eigenvalue weighted by Gasteiger charge is -2.39. The lowest BCUT2D eigenvalue weighted by Crippen LogP contribution is -2.40. The van der Waals surface area contributed by atoms with E-state index in [0.29, 0.717) is 22.6 Å². The Kier molecular flexibility index (Phi) is 15.2. The minimum atomic E-state index is -4.14. The van der Waals surface area contributed by atoms with Gasteiger partial charge >= 0.3 is 13.4 Å². The lowest BCUT2D eigenvalue weighted by atomic mass is 9.80. The molecule has 0 saturated carbocycles. The molecule has 1 saturated heterocycles. The molecular weight excluding hydrogens is 810 g/mol. The molecule has 1 aromatic heterocycles. The molecule has 0 unspecified atom stereocenters. The molecule has 1 aliphatic rings. The third-order valence-electron chi connectivity index (χ3n) is 10.6. The number of benzene rings is 4. The maximum Gasteiger partial charge on any atom is 0.409 e. The van der Waals surface area contributed by atoms with Crippen molar-refractivity contribution in [3.8, 4) is 17.6 Å². The number of nitrogens with zero attached hydrogens (tertiary/aromatic N) is 4. The molecule has 1 amide bonds. The molecule has 15 heteroatoms. The highest BCUT2D eigenvalue weighted by atomic mass is 31.2. The number of carbonyl (C=O) groups is 1. The SMILES string of the molecule is COc1ccc(C(OC[C@H]2O[C@@H](n3cc(C)c(NC(=O)c4ccccc4)nc3=O)C[C@@H]2O[P@](=O)(OCCC#N)N(C(C)C)C(C)C)(c2ccccc2)c2ccc(OC)cc2)cc1. The van der Waals surface area contributed by atoms with Crippen LogP contribution < -0.4 is 20.5 Å². The largest absolute Gasteiger partial charge is 0.497 e. The molecule has 0 spiro atoms. The molecule has 1 N–H and O–H groups in total. The quantitative estimate of drug-likeness (QED) is 0.0478. The first-order valence-electron chi connectivity index (χ1n) is 20.5. The minimum absolute atomic E-state index is 0.00940. The number of aromatic nitrogens is 2. The summed E-state index contributed by atoms with van der Waals surface area (Å²) >= 11 is 0. The molecule has 326 valence electrons. The first kappa shape index (κ1) is 45.9. The van der Waals surface area contributed by atoms with Gasteiger partial charge in [0.2, 0.25) is 0 Å². The summed E-state index contributed by atoms with van der Waals surface area (Å²) in [5.41, 5.74) is 1.36. The Labute approximate surface area is 362 Å². The minimum Gasteiger partial charge on any atom is -0.497 e. The number of nitrogens with one attached hydrogen (secondary N) is 1. The molecule has 62 heavy (non-hydrogen) atoms. The second-order valence-corrected chi connectivity index (χ2v) is 17.3. The number of rotatable bonds is 19. The number of ether oxygens (including phenoxy) is 4. The van der Waals surface area contributed by atoms with E-state index in [4.69, 9.17) is 28.0 Å². The molecule has 1 fully saturated rings. The summed E-state index contributed by atoms with van der Waals surface area (Å²) in [7, 11) is -0.932. The van der Waals surface area contributed by atoms with Crippen LogP contribution in [-0.2, 0) is 28.7 Å². The number of amides is 1. The van der Waals surface area contributed by atoms with Crippen LogP contribution in [0.3, 0.4) is 0 Å². The first-order valence-corrected chi connectivity index (χ1v) is 22.0. The summed E-state index contributed by atoms with van der Waals surface area (Å²) in [6.07, 6.45) is -1.25. The normalized spacial score (nSPS) is 17.5. The predicted molar refractivity (Wildman–Crippen MR) is 235 cm³/mol. The van der Waals surface area contributed by atoms with Crippen molar-refractivity contribution in [2.45, 2.75) is 83.6 Å². The summed E-state index contributed by atoms with van der Waals surface area (Å²) in [5.74, 6) is 1.02. The van der Waals surface area contributed by atoms with Crippen LogP contribution in [0.4, 0.5) is 5.82 Å². The highest BCUT2D eigenvalue weighted by molar-refractivity contribution is 7.51. The van der Waals surface area contributed by atoms with E-state index >= 15 is 4.57 Å². The van der Waals surface area contributed by atoms with Crippen LogP contribution in [-0.4, -0.2) is 71.9 Å². The fourth-order valence-corrected chi connectivity index (χ4v) is 10.1. The van der Waals surface area contributed by atoms with Crippen molar-refractivity contribution < 1.29 is 37.4 Å². The zero-order chi connectivity index (χ0) is 44.4. The molecule has 2 heterocycles. The molecule has 4 atom stereocenters. The van der Waals surface area contributed by atoms with Crippen LogP contribution in [0.15, 0.2) is 120 Å². The van der Waals surface area contributed by atoms with Gasteiger partial charge in [0, 0.05) is 35.8 Å². The number of nitriles is 1. The third kappa shape index (κ3) is 10.2. The van der Waals surface area contributed by atoms with Crippen LogP contribution in [0.1, 0.15) is 79.4 Å². The van der Waals surface area contributed by atoms with Crippen molar-refractivity contribution in [1.29, 1.82) is 5.26 Å². The Morgan fingerprint density at radius 2 is 1.45 bits per heavy atom.